The molecule has 4 unspecified atom stereocenters. The van der Waals surface area contributed by atoms with E-state index in [0.717, 1.165) is 96.7 Å². The molecule has 0 radical (unpaired) electrons. The van der Waals surface area contributed by atoms with Crippen LogP contribution in [0.25, 0.3) is 0 Å². The average molecular weight is 1790 g/mol. The highest BCUT2D eigenvalue weighted by molar-refractivity contribution is 5.79. The highest BCUT2D eigenvalue weighted by atomic mass is 16.6. The number of rotatable bonds is 43. The molecule has 4 atom stereocenters. The fourth-order valence-electron chi connectivity index (χ4n) is 17.0. The highest BCUT2D eigenvalue weighted by Gasteiger charge is 2.41. The Morgan fingerprint density at radius 1 is 0.169 bits per heavy atom. The topological polar surface area (TPSA) is 368 Å². The minimum Gasteiger partial charge on any atom is -0.469 e. The van der Waals surface area contributed by atoms with Gasteiger partial charge in [-0.15, -0.1) is 0 Å². The van der Waals surface area contributed by atoms with Crippen molar-refractivity contribution in [3.8, 4) is 40.2 Å². The van der Waals surface area contributed by atoms with Gasteiger partial charge >= 0.3 is 83.6 Å². The van der Waals surface area contributed by atoms with Crippen molar-refractivity contribution in [1.82, 2.24) is 0 Å². The lowest BCUT2D eigenvalue weighted by Gasteiger charge is -2.44. The molecule has 0 saturated heterocycles. The van der Waals surface area contributed by atoms with Crippen molar-refractivity contribution >= 4 is 83.6 Å². The first-order valence-electron chi connectivity index (χ1n) is 44.4. The van der Waals surface area contributed by atoms with Crippen molar-refractivity contribution in [3.05, 3.63) is 209 Å². The monoisotopic (exact) mass is 1790 g/mol. The zero-order valence-electron chi connectivity index (χ0n) is 75.0. The predicted molar refractivity (Wildman–Crippen MR) is 473 cm³/mol. The molecule has 3 aliphatic rings. The molecule has 3 fully saturated rings. The number of hydrogen-bond donors (Lipinski definition) is 0. The third-order valence-corrected chi connectivity index (χ3v) is 23.9. The summed E-state index contributed by atoms with van der Waals surface area (Å²) >= 11 is 0. The van der Waals surface area contributed by atoms with Crippen LogP contribution in [-0.4, -0.2) is 133 Å². The Labute approximate surface area is 758 Å². The van der Waals surface area contributed by atoms with Gasteiger partial charge in [-0.1, -0.05) is 84.9 Å². The molecule has 3 saturated carbocycles. The van der Waals surface area contributed by atoms with Crippen molar-refractivity contribution in [1.29, 1.82) is 0 Å². The number of hydrogen-bond acceptors (Lipinski definition) is 28. The van der Waals surface area contributed by atoms with E-state index in [1.54, 1.807) is 36.4 Å². The minimum atomic E-state index is -0.433. The summed E-state index contributed by atoms with van der Waals surface area (Å²) in [7, 11) is 9.17. The molecule has 3 aliphatic carbocycles. The van der Waals surface area contributed by atoms with Crippen LogP contribution in [-0.2, 0) is 100 Å². The first-order chi connectivity index (χ1) is 62.8. The maximum atomic E-state index is 12.7. The predicted octanol–water partition coefficient (Wildman–Crippen LogP) is 18.0. The zero-order valence-corrected chi connectivity index (χ0v) is 75.0. The zero-order chi connectivity index (χ0) is 93.3. The normalized spacial score (nSPS) is 17.9. The van der Waals surface area contributed by atoms with Crippen LogP contribution in [0.2, 0.25) is 0 Å². The molecule has 28 nitrogen and oxygen atoms in total. The molecular weight excluding hydrogens is 1670 g/mol. The van der Waals surface area contributed by atoms with Crippen molar-refractivity contribution in [2.75, 3.05) is 49.8 Å². The summed E-state index contributed by atoms with van der Waals surface area (Å²) < 4.78 is 71.7. The van der Waals surface area contributed by atoms with Crippen molar-refractivity contribution in [2.24, 2.45) is 11.8 Å². The fourth-order valence-corrected chi connectivity index (χ4v) is 17.0. The third-order valence-electron chi connectivity index (χ3n) is 23.9. The van der Waals surface area contributed by atoms with Crippen LogP contribution < -0.4 is 33.2 Å². The van der Waals surface area contributed by atoms with E-state index in [0.29, 0.717) is 85.2 Å². The van der Waals surface area contributed by atoms with E-state index in [9.17, 15) is 67.1 Å². The van der Waals surface area contributed by atoms with Crippen molar-refractivity contribution in [3.63, 3.8) is 0 Å². The quantitative estimate of drug-likeness (QED) is 0.0195. The lowest BCUT2D eigenvalue weighted by atomic mass is 9.60. The largest absolute Gasteiger partial charge is 0.469 e. The number of carbonyl (C=O) groups is 14. The maximum Gasteiger partial charge on any atom is 0.311 e. The van der Waals surface area contributed by atoms with Gasteiger partial charge in [0.2, 0.25) is 0 Å². The molecule has 0 spiro atoms. The molecule has 7 aromatic carbocycles. The van der Waals surface area contributed by atoms with Gasteiger partial charge in [-0.2, -0.15) is 0 Å². The van der Waals surface area contributed by atoms with Gasteiger partial charge in [-0.25, -0.2) is 0 Å². The Hall–Kier alpha value is -12.9. The maximum absolute atomic E-state index is 12.7. The van der Waals surface area contributed by atoms with Gasteiger partial charge in [0.25, 0.3) is 0 Å². The summed E-state index contributed by atoms with van der Waals surface area (Å²) in [5.41, 5.74) is 7.78. The average Bonchev–Trinajstić information content (AvgIpc) is 0.782. The van der Waals surface area contributed by atoms with Crippen LogP contribution in [0.3, 0.4) is 0 Å². The van der Waals surface area contributed by atoms with Crippen molar-refractivity contribution in [2.45, 2.75) is 234 Å². The summed E-state index contributed by atoms with van der Waals surface area (Å²) in [6, 6.07) is 53.3. The van der Waals surface area contributed by atoms with Crippen LogP contribution in [0, 0.1) is 11.8 Å². The van der Waals surface area contributed by atoms with E-state index in [2.05, 4.69) is 33.2 Å². The Bertz CT molecular complexity index is 4320. The van der Waals surface area contributed by atoms with Crippen molar-refractivity contribution < 1.29 is 133 Å². The van der Waals surface area contributed by atoms with Crippen LogP contribution >= 0.6 is 0 Å². The molecule has 28 heteroatoms. The van der Waals surface area contributed by atoms with Gasteiger partial charge in [0, 0.05) is 89.9 Å². The van der Waals surface area contributed by atoms with Gasteiger partial charge in [-0.05, 0) is 280 Å². The Morgan fingerprint density at radius 3 is 0.392 bits per heavy atom. The van der Waals surface area contributed by atoms with E-state index in [1.165, 1.54) is 49.8 Å². The molecule has 0 aliphatic heterocycles. The van der Waals surface area contributed by atoms with E-state index in [1.807, 2.05) is 133 Å². The molecule has 10 rings (SSSR count). The number of esters is 14. The van der Waals surface area contributed by atoms with Crippen LogP contribution in [0.15, 0.2) is 170 Å². The summed E-state index contributed by atoms with van der Waals surface area (Å²) in [6.07, 6.45) is 11.8. The smallest absolute Gasteiger partial charge is 0.311 e. The van der Waals surface area contributed by atoms with E-state index in [4.69, 9.17) is 33.2 Å². The van der Waals surface area contributed by atoms with Gasteiger partial charge < -0.3 is 66.3 Å². The van der Waals surface area contributed by atoms with Crippen LogP contribution in [0.4, 0.5) is 0 Å². The van der Waals surface area contributed by atoms with Gasteiger partial charge in [-0.3, -0.25) is 67.1 Å². The molecule has 0 bridgehead atoms. The first-order valence-corrected chi connectivity index (χ1v) is 44.4. The molecule has 0 aromatic heterocycles. The van der Waals surface area contributed by atoms with Gasteiger partial charge in [0.15, 0.2) is 0 Å². The van der Waals surface area contributed by atoms with Gasteiger partial charge in [0.1, 0.15) is 40.2 Å². The summed E-state index contributed by atoms with van der Waals surface area (Å²) in [5, 5.41) is 0. The number of methoxy groups -OCH3 is 7. The lowest BCUT2D eigenvalue weighted by molar-refractivity contribution is -0.142. The SMILES string of the molecule is COC(=O)CCCC(=O)Oc1ccc(C2CC(c3ccc(OC(=O)CCCC(=O)OC)cc3)CC(C3CC(c4ccc(OC(=O)CCCC(=O)OC)cc4)CC(c4ccc(OC(=O)CCCC(=O)OC)cc4)C3)C2)cc1.COC(=O)CCCC(=O)Oc1ccc(C2CC(c3ccc(OC(=O)CCCC(=O)OC)cc3)CC(c3ccc(OC(=O)CCCC(=O)OC)cc3)C2)cc1. The second kappa shape index (κ2) is 53.2. The molecular formula is C102H118O28. The molecule has 0 N–H and O–H groups in total. The molecule has 130 heavy (non-hydrogen) atoms. The second-order valence-corrected chi connectivity index (χ2v) is 32.8. The minimum absolute atomic E-state index is 0.0777. The Kier molecular flexibility index (Phi) is 41.3. The third kappa shape index (κ3) is 34.3. The Morgan fingerprint density at radius 2 is 0.277 bits per heavy atom. The Balaban J connectivity index is 0.000000310. The number of ether oxygens (including phenoxy) is 14. The molecule has 0 amide bonds. The lowest BCUT2D eigenvalue weighted by Crippen LogP contribution is -2.31. The number of benzene rings is 7. The van der Waals surface area contributed by atoms with E-state index >= 15 is 0 Å². The molecule has 694 valence electrons. The molecule has 7 aromatic rings. The van der Waals surface area contributed by atoms with E-state index < -0.39 is 41.8 Å². The van der Waals surface area contributed by atoms with Crippen LogP contribution in [0.5, 0.6) is 40.2 Å². The standard InChI is InChI=1S/C60H70O16.C42H48O12/c1-69-53(61)9-5-13-57(65)73-49-25-17-39(18-26-49)43-33-44(40-19-27-50(28-20-40)74-58(66)14-6-10-54(62)70-2)36-47(35-43)48-37-45(41-21-29-51(30-22-41)75-59(67)15-7-11-55(63)71-3)34-46(38-48)42-23-31-52(32-24-42)76-60(68)16-8-12-56(64)72-4;1-49-37(43)7-4-10-40(46)52-34-19-13-28(14-20-34)31-25-32(29-15-21-35(22-16-29)53-41(47)11-5-8-38(44)50-2)27-33(26-31)30-17-23-36(24-18-30)54-42(48)12-6-9-39(45)51-3/h17-32,43-48H,5-16,33-38H2,1-4H3;13-24,31-33H,4-12,25-27H2,1-3H3. The van der Waals surface area contributed by atoms with Crippen LogP contribution in [0.1, 0.15) is 273 Å². The summed E-state index contributed by atoms with van der Waals surface area (Å²) in [5.74, 6) is -1.09. The first kappa shape index (κ1) is 101. The summed E-state index contributed by atoms with van der Waals surface area (Å²) in [4.78, 5) is 168. The fraction of sp³-hybridized carbons (Fsp3) is 0.451. The van der Waals surface area contributed by atoms with Gasteiger partial charge in [0.05, 0.1) is 49.8 Å². The molecule has 0 heterocycles. The summed E-state index contributed by atoms with van der Waals surface area (Å²) in [6.45, 7) is 0. The second-order valence-electron chi connectivity index (χ2n) is 32.8. The highest BCUT2D eigenvalue weighted by Crippen LogP contribution is 2.55. The number of carbonyl (C=O) groups excluding carboxylic acids is 14. The van der Waals surface area contributed by atoms with E-state index in [-0.39, 0.29) is 185 Å².